The number of nitrogens with one attached hydrogen (secondary N) is 2. The first kappa shape index (κ1) is 26.2. The average Bonchev–Trinajstić information content (AvgIpc) is 3.18. The first-order valence-corrected chi connectivity index (χ1v) is 10.1. The third kappa shape index (κ3) is 8.05. The molecule has 0 spiro atoms. The molecule has 1 aliphatic heterocycles. The van der Waals surface area contributed by atoms with Gasteiger partial charge < -0.3 is 37.2 Å². The number of carboxylic acids is 2. The maximum atomic E-state index is 13.0. The van der Waals surface area contributed by atoms with E-state index in [1.807, 2.05) is 0 Å². The molecular formula is C17H27N5O8S. The fourth-order valence-electron chi connectivity index (χ4n) is 3.06. The monoisotopic (exact) mass is 461 g/mol. The molecule has 0 aliphatic carbocycles. The summed E-state index contributed by atoms with van der Waals surface area (Å²) < 4.78 is 0. The van der Waals surface area contributed by atoms with Gasteiger partial charge in [0.15, 0.2) is 0 Å². The Morgan fingerprint density at radius 1 is 1.10 bits per heavy atom. The molecule has 0 radical (unpaired) electrons. The molecule has 174 valence electrons. The van der Waals surface area contributed by atoms with E-state index in [1.54, 1.807) is 0 Å². The van der Waals surface area contributed by atoms with E-state index in [4.69, 9.17) is 21.7 Å². The molecule has 4 amide bonds. The van der Waals surface area contributed by atoms with Crippen molar-refractivity contribution < 1.29 is 39.0 Å². The van der Waals surface area contributed by atoms with Gasteiger partial charge in [0.05, 0.1) is 12.5 Å². The Bertz CT molecular complexity index is 733. The van der Waals surface area contributed by atoms with Crippen LogP contribution in [0.3, 0.4) is 0 Å². The maximum absolute atomic E-state index is 13.0. The van der Waals surface area contributed by atoms with Crippen LogP contribution in [0.25, 0.3) is 0 Å². The average molecular weight is 461 g/mol. The van der Waals surface area contributed by atoms with Gasteiger partial charge in [-0.05, 0) is 19.3 Å². The van der Waals surface area contributed by atoms with Gasteiger partial charge in [0.1, 0.15) is 18.1 Å². The van der Waals surface area contributed by atoms with Gasteiger partial charge >= 0.3 is 11.9 Å². The summed E-state index contributed by atoms with van der Waals surface area (Å²) in [5.41, 5.74) is 10.6. The lowest BCUT2D eigenvalue weighted by Crippen LogP contribution is -2.57. The van der Waals surface area contributed by atoms with Gasteiger partial charge in [0, 0.05) is 18.7 Å². The Labute approximate surface area is 183 Å². The molecule has 8 N–H and O–H groups in total. The summed E-state index contributed by atoms with van der Waals surface area (Å²) in [6, 6.07) is -4.88. The molecule has 0 aromatic heterocycles. The lowest BCUT2D eigenvalue weighted by Gasteiger charge is -2.29. The number of carbonyl (C=O) groups is 6. The molecule has 1 aliphatic rings. The quantitative estimate of drug-likeness (QED) is 0.147. The van der Waals surface area contributed by atoms with Crippen LogP contribution in [0.5, 0.6) is 0 Å². The minimum Gasteiger partial charge on any atom is -0.481 e. The Morgan fingerprint density at radius 2 is 1.74 bits per heavy atom. The van der Waals surface area contributed by atoms with Gasteiger partial charge in [0.25, 0.3) is 0 Å². The van der Waals surface area contributed by atoms with Crippen molar-refractivity contribution in [2.45, 2.75) is 56.3 Å². The predicted octanol–water partition coefficient (Wildman–Crippen LogP) is -2.97. The number of primary amides is 1. The normalized spacial score (nSPS) is 18.5. The highest BCUT2D eigenvalue weighted by atomic mass is 32.1. The number of carboxylic acid groups (broad SMARTS) is 2. The van der Waals surface area contributed by atoms with E-state index >= 15 is 0 Å². The third-order valence-corrected chi connectivity index (χ3v) is 5.05. The molecule has 0 saturated carbocycles. The highest BCUT2D eigenvalue weighted by molar-refractivity contribution is 7.80. The third-order valence-electron chi connectivity index (χ3n) is 4.65. The Balaban J connectivity index is 2.97. The van der Waals surface area contributed by atoms with Crippen molar-refractivity contribution in [3.63, 3.8) is 0 Å². The molecule has 1 rings (SSSR count). The van der Waals surface area contributed by atoms with Gasteiger partial charge in [-0.1, -0.05) is 0 Å². The Hall–Kier alpha value is -2.87. The zero-order chi connectivity index (χ0) is 23.7. The number of hydrogen-bond donors (Lipinski definition) is 7. The summed E-state index contributed by atoms with van der Waals surface area (Å²) in [6.07, 6.45) is -0.634. The molecule has 1 fully saturated rings. The van der Waals surface area contributed by atoms with Gasteiger partial charge in [0.2, 0.25) is 23.6 Å². The second-order valence-corrected chi connectivity index (χ2v) is 7.41. The largest absolute Gasteiger partial charge is 0.481 e. The van der Waals surface area contributed by atoms with Crippen molar-refractivity contribution in [2.24, 2.45) is 11.5 Å². The number of aliphatic carboxylic acids is 2. The van der Waals surface area contributed by atoms with E-state index in [9.17, 15) is 28.8 Å². The number of rotatable bonds is 12. The van der Waals surface area contributed by atoms with Crippen LogP contribution < -0.4 is 22.1 Å². The molecule has 0 bridgehead atoms. The summed E-state index contributed by atoms with van der Waals surface area (Å²) in [6.45, 7) is 0.141. The van der Waals surface area contributed by atoms with Gasteiger partial charge in [-0.2, -0.15) is 12.6 Å². The van der Waals surface area contributed by atoms with Crippen LogP contribution >= 0.6 is 12.6 Å². The number of nitrogens with zero attached hydrogens (tertiary/aromatic N) is 1. The molecule has 1 heterocycles. The molecule has 0 aromatic rings. The van der Waals surface area contributed by atoms with E-state index in [0.29, 0.717) is 6.42 Å². The van der Waals surface area contributed by atoms with Crippen LogP contribution in [0.2, 0.25) is 0 Å². The SMILES string of the molecule is NC(=O)CC(NC(=O)C1CCCN1C(=O)C(CCC(=O)O)NC(=O)C(N)CS)C(=O)O. The predicted molar refractivity (Wildman–Crippen MR) is 109 cm³/mol. The number of thiol groups is 1. The molecule has 0 aromatic carbocycles. The summed E-state index contributed by atoms with van der Waals surface area (Å²) in [7, 11) is 0. The number of hydrogen-bond acceptors (Lipinski definition) is 8. The van der Waals surface area contributed by atoms with Crippen LogP contribution in [0.15, 0.2) is 0 Å². The minimum atomic E-state index is -1.56. The number of carbonyl (C=O) groups excluding carboxylic acids is 4. The van der Waals surface area contributed by atoms with Crippen molar-refractivity contribution in [2.75, 3.05) is 12.3 Å². The standard InChI is InChI=1S/C17H27N5O8S/c18-8(7-31)14(26)20-9(3-4-13(24)25)16(28)22-5-1-2-11(22)15(27)21-10(17(29)30)6-12(19)23/h8-11,31H,1-7,18H2,(H2,19,23)(H,20,26)(H,21,27)(H,24,25)(H,29,30). The highest BCUT2D eigenvalue weighted by Crippen LogP contribution is 2.20. The zero-order valence-electron chi connectivity index (χ0n) is 16.7. The lowest BCUT2D eigenvalue weighted by atomic mass is 10.1. The number of nitrogens with two attached hydrogens (primary N) is 2. The van der Waals surface area contributed by atoms with Crippen LogP contribution in [-0.4, -0.2) is 87.1 Å². The molecule has 31 heavy (non-hydrogen) atoms. The van der Waals surface area contributed by atoms with Gasteiger partial charge in [-0.15, -0.1) is 0 Å². The highest BCUT2D eigenvalue weighted by Gasteiger charge is 2.39. The Kier molecular flexibility index (Phi) is 10.2. The van der Waals surface area contributed by atoms with Crippen molar-refractivity contribution >= 4 is 48.2 Å². The summed E-state index contributed by atoms with van der Waals surface area (Å²) in [5, 5.41) is 22.7. The maximum Gasteiger partial charge on any atom is 0.326 e. The van der Waals surface area contributed by atoms with Crippen molar-refractivity contribution in [1.29, 1.82) is 0 Å². The second kappa shape index (κ2) is 12.1. The van der Waals surface area contributed by atoms with E-state index in [-0.39, 0.29) is 25.1 Å². The van der Waals surface area contributed by atoms with Crippen molar-refractivity contribution in [3.8, 4) is 0 Å². The molecular weight excluding hydrogens is 434 g/mol. The van der Waals surface area contributed by atoms with Crippen molar-refractivity contribution in [1.82, 2.24) is 15.5 Å². The Morgan fingerprint density at radius 3 is 2.26 bits per heavy atom. The van der Waals surface area contributed by atoms with Crippen LogP contribution in [0.4, 0.5) is 0 Å². The van der Waals surface area contributed by atoms with E-state index in [1.165, 1.54) is 0 Å². The minimum absolute atomic E-state index is 0.00312. The van der Waals surface area contributed by atoms with Crippen LogP contribution in [0, 0.1) is 0 Å². The summed E-state index contributed by atoms with van der Waals surface area (Å²) in [4.78, 5) is 72.1. The second-order valence-electron chi connectivity index (χ2n) is 7.04. The summed E-state index contributed by atoms with van der Waals surface area (Å²) >= 11 is 3.91. The molecule has 4 atom stereocenters. The van der Waals surface area contributed by atoms with Gasteiger partial charge in [-0.25, -0.2) is 4.79 Å². The van der Waals surface area contributed by atoms with Crippen LogP contribution in [0.1, 0.15) is 32.1 Å². The van der Waals surface area contributed by atoms with E-state index in [2.05, 4.69) is 23.3 Å². The van der Waals surface area contributed by atoms with Gasteiger partial charge in [-0.3, -0.25) is 24.0 Å². The zero-order valence-corrected chi connectivity index (χ0v) is 17.5. The first-order valence-electron chi connectivity index (χ1n) is 9.48. The molecule has 4 unspecified atom stereocenters. The molecule has 14 heteroatoms. The number of amides is 4. The smallest absolute Gasteiger partial charge is 0.326 e. The topological polar surface area (TPSA) is 222 Å². The van der Waals surface area contributed by atoms with Crippen molar-refractivity contribution in [3.05, 3.63) is 0 Å². The molecule has 13 nitrogen and oxygen atoms in total. The first-order chi connectivity index (χ1) is 14.5. The summed E-state index contributed by atoms with van der Waals surface area (Å²) in [5.74, 6) is -5.77. The fourth-order valence-corrected chi connectivity index (χ4v) is 3.23. The lowest BCUT2D eigenvalue weighted by molar-refractivity contribution is -0.146. The molecule has 1 saturated heterocycles. The fraction of sp³-hybridized carbons (Fsp3) is 0.647. The van der Waals surface area contributed by atoms with E-state index < -0.39 is 72.6 Å². The number of likely N-dealkylation sites (tertiary alicyclic amines) is 1. The van der Waals surface area contributed by atoms with E-state index in [0.717, 1.165) is 4.90 Å². The van der Waals surface area contributed by atoms with Crippen LogP contribution in [-0.2, 0) is 28.8 Å².